The molecule has 3 heterocycles. The van der Waals surface area contributed by atoms with E-state index in [9.17, 15) is 0 Å². The smallest absolute Gasteiger partial charge is 0.243 e. The van der Waals surface area contributed by atoms with Crippen molar-refractivity contribution in [3.63, 3.8) is 0 Å². The van der Waals surface area contributed by atoms with Crippen LogP contribution in [0.3, 0.4) is 0 Å². The van der Waals surface area contributed by atoms with Gasteiger partial charge in [-0.1, -0.05) is 0 Å². The maximum atomic E-state index is 4.41. The van der Waals surface area contributed by atoms with E-state index >= 15 is 0 Å². The summed E-state index contributed by atoms with van der Waals surface area (Å²) < 4.78 is 4.57. The zero-order valence-electron chi connectivity index (χ0n) is 10.4. The maximum absolute atomic E-state index is 4.41. The molecule has 0 bridgehead atoms. The largest absolute Gasteiger partial charge is 0.351 e. The van der Waals surface area contributed by atoms with Gasteiger partial charge in [0.25, 0.3) is 0 Å². The molecule has 0 amide bonds. The van der Waals surface area contributed by atoms with Crippen LogP contribution < -0.4 is 5.32 Å². The first-order valence-electron chi connectivity index (χ1n) is 5.96. The Morgan fingerprint density at radius 2 is 2.32 bits per heavy atom. The number of anilines is 1. The van der Waals surface area contributed by atoms with Crippen molar-refractivity contribution < 1.29 is 0 Å². The van der Waals surface area contributed by atoms with Crippen LogP contribution in [0.25, 0.3) is 5.65 Å². The molecule has 0 atom stereocenters. The molecule has 3 aromatic rings. The van der Waals surface area contributed by atoms with Gasteiger partial charge in [-0.2, -0.15) is 10.1 Å². The zero-order chi connectivity index (χ0) is 13.2. The number of pyridine rings is 1. The van der Waals surface area contributed by atoms with Crippen molar-refractivity contribution in [1.82, 2.24) is 24.4 Å². The molecule has 0 saturated carbocycles. The van der Waals surface area contributed by atoms with Gasteiger partial charge in [-0.25, -0.2) is 4.52 Å². The lowest BCUT2D eigenvalue weighted by Crippen LogP contribution is -2.11. The normalized spacial score (nSPS) is 11.1. The van der Waals surface area contributed by atoms with Crippen molar-refractivity contribution >= 4 is 27.5 Å². The average molecular weight is 321 g/mol. The second kappa shape index (κ2) is 5.00. The predicted molar refractivity (Wildman–Crippen MR) is 76.1 cm³/mol. The van der Waals surface area contributed by atoms with Gasteiger partial charge in [-0.15, -0.1) is 5.10 Å². The Kier molecular flexibility index (Phi) is 3.20. The highest BCUT2D eigenvalue weighted by Crippen LogP contribution is 2.16. The molecule has 6 nitrogen and oxygen atoms in total. The summed E-state index contributed by atoms with van der Waals surface area (Å²) in [5.41, 5.74) is 1.97. The lowest BCUT2D eigenvalue weighted by Gasteiger charge is -2.01. The second-order valence-corrected chi connectivity index (χ2v) is 5.12. The Morgan fingerprint density at radius 3 is 3.05 bits per heavy atom. The van der Waals surface area contributed by atoms with Crippen LogP contribution in [0.1, 0.15) is 5.56 Å². The van der Waals surface area contributed by atoms with E-state index in [1.807, 2.05) is 42.3 Å². The summed E-state index contributed by atoms with van der Waals surface area (Å²) in [5, 5.41) is 11.8. The van der Waals surface area contributed by atoms with Crippen molar-refractivity contribution in [1.29, 1.82) is 0 Å². The number of nitrogens with one attached hydrogen (secondary N) is 1. The quantitative estimate of drug-likeness (QED) is 0.799. The molecule has 19 heavy (non-hydrogen) atoms. The van der Waals surface area contributed by atoms with E-state index in [0.29, 0.717) is 5.95 Å². The van der Waals surface area contributed by atoms with Crippen LogP contribution >= 0.6 is 15.9 Å². The van der Waals surface area contributed by atoms with Gasteiger partial charge < -0.3 is 5.32 Å². The summed E-state index contributed by atoms with van der Waals surface area (Å²) in [6.07, 6.45) is 5.73. The topological polar surface area (TPSA) is 60.0 Å². The van der Waals surface area contributed by atoms with Gasteiger partial charge in [0, 0.05) is 18.9 Å². The Bertz CT molecular complexity index is 701. The Morgan fingerprint density at radius 1 is 1.42 bits per heavy atom. The number of nitrogens with zero attached hydrogens (tertiary/aromatic N) is 5. The van der Waals surface area contributed by atoms with E-state index < -0.39 is 0 Å². The molecule has 0 saturated heterocycles. The van der Waals surface area contributed by atoms with Gasteiger partial charge >= 0.3 is 0 Å². The van der Waals surface area contributed by atoms with Crippen LogP contribution in [0.2, 0.25) is 0 Å². The van der Waals surface area contributed by atoms with Gasteiger partial charge in [-0.05, 0) is 40.5 Å². The second-order valence-electron chi connectivity index (χ2n) is 4.27. The monoisotopic (exact) mass is 320 g/mol. The molecule has 7 heteroatoms. The van der Waals surface area contributed by atoms with Crippen LogP contribution in [0, 0.1) is 6.92 Å². The Balaban J connectivity index is 1.67. The number of hydrogen-bond donors (Lipinski definition) is 1. The Hall–Kier alpha value is -1.89. The van der Waals surface area contributed by atoms with E-state index in [0.717, 1.165) is 28.8 Å². The number of fused-ring (bicyclic) bond motifs is 1. The fourth-order valence-corrected chi connectivity index (χ4v) is 2.24. The first kappa shape index (κ1) is 12.2. The maximum Gasteiger partial charge on any atom is 0.243 e. The van der Waals surface area contributed by atoms with E-state index in [-0.39, 0.29) is 0 Å². The van der Waals surface area contributed by atoms with E-state index in [4.69, 9.17) is 0 Å². The standard InChI is InChI=1S/C12H13BrN6/c1-9-7-15-18(8-9)6-4-14-12-16-11-10(13)3-2-5-19(11)17-12/h2-3,5,7-8H,4,6H2,1H3,(H,14,17). The van der Waals surface area contributed by atoms with Crippen LogP contribution in [0.5, 0.6) is 0 Å². The van der Waals surface area contributed by atoms with Gasteiger partial charge in [0.2, 0.25) is 5.95 Å². The van der Waals surface area contributed by atoms with Crippen LogP contribution in [0.4, 0.5) is 5.95 Å². The summed E-state index contributed by atoms with van der Waals surface area (Å²) in [6, 6.07) is 3.86. The highest BCUT2D eigenvalue weighted by molar-refractivity contribution is 9.10. The van der Waals surface area contributed by atoms with Crippen molar-refractivity contribution in [2.75, 3.05) is 11.9 Å². The summed E-state index contributed by atoms with van der Waals surface area (Å²) in [4.78, 5) is 4.41. The number of halogens is 1. The molecule has 3 rings (SSSR count). The lowest BCUT2D eigenvalue weighted by molar-refractivity contribution is 0.635. The van der Waals surface area contributed by atoms with Crippen molar-refractivity contribution in [2.24, 2.45) is 0 Å². The number of aryl methyl sites for hydroxylation is 1. The minimum Gasteiger partial charge on any atom is -0.351 e. The molecular formula is C12H13BrN6. The van der Waals surface area contributed by atoms with E-state index in [1.54, 1.807) is 4.52 Å². The Labute approximate surface area is 118 Å². The van der Waals surface area contributed by atoms with Crippen molar-refractivity contribution in [2.45, 2.75) is 13.5 Å². The van der Waals surface area contributed by atoms with Crippen LogP contribution in [0.15, 0.2) is 35.2 Å². The minimum absolute atomic E-state index is 0.621. The molecule has 0 aliphatic rings. The molecule has 0 fully saturated rings. The first-order valence-corrected chi connectivity index (χ1v) is 6.75. The molecular weight excluding hydrogens is 308 g/mol. The molecule has 98 valence electrons. The molecule has 0 spiro atoms. The molecule has 0 unspecified atom stereocenters. The summed E-state index contributed by atoms with van der Waals surface area (Å²) in [6.45, 7) is 3.54. The van der Waals surface area contributed by atoms with Crippen LogP contribution in [-0.4, -0.2) is 30.9 Å². The highest BCUT2D eigenvalue weighted by atomic mass is 79.9. The number of aromatic nitrogens is 5. The van der Waals surface area contributed by atoms with E-state index in [2.05, 4.69) is 36.4 Å². The number of rotatable bonds is 4. The molecule has 0 aliphatic carbocycles. The molecule has 0 aliphatic heterocycles. The first-order chi connectivity index (χ1) is 9.22. The lowest BCUT2D eigenvalue weighted by atomic mass is 10.4. The number of hydrogen-bond acceptors (Lipinski definition) is 4. The summed E-state index contributed by atoms with van der Waals surface area (Å²) >= 11 is 3.45. The molecule has 3 aromatic heterocycles. The summed E-state index contributed by atoms with van der Waals surface area (Å²) in [7, 11) is 0. The van der Waals surface area contributed by atoms with Gasteiger partial charge in [0.1, 0.15) is 0 Å². The SMILES string of the molecule is Cc1cnn(CCNc2nc3c(Br)cccn3n2)c1. The zero-order valence-corrected chi connectivity index (χ0v) is 12.0. The molecule has 1 N–H and O–H groups in total. The fourth-order valence-electron chi connectivity index (χ4n) is 1.82. The molecule has 0 radical (unpaired) electrons. The fraction of sp³-hybridized carbons (Fsp3) is 0.250. The van der Waals surface area contributed by atoms with Gasteiger partial charge in [0.15, 0.2) is 5.65 Å². The van der Waals surface area contributed by atoms with E-state index in [1.165, 1.54) is 0 Å². The minimum atomic E-state index is 0.621. The third kappa shape index (κ3) is 2.60. The summed E-state index contributed by atoms with van der Waals surface area (Å²) in [5.74, 6) is 0.621. The third-order valence-electron chi connectivity index (χ3n) is 2.70. The van der Waals surface area contributed by atoms with Gasteiger partial charge in [-0.3, -0.25) is 4.68 Å². The predicted octanol–water partition coefficient (Wildman–Crippen LogP) is 2.11. The highest BCUT2D eigenvalue weighted by Gasteiger charge is 2.05. The van der Waals surface area contributed by atoms with Gasteiger partial charge in [0.05, 0.1) is 17.2 Å². The van der Waals surface area contributed by atoms with Crippen molar-refractivity contribution in [3.05, 3.63) is 40.8 Å². The van der Waals surface area contributed by atoms with Crippen molar-refractivity contribution in [3.8, 4) is 0 Å². The van der Waals surface area contributed by atoms with Crippen LogP contribution in [-0.2, 0) is 6.54 Å². The molecule has 0 aromatic carbocycles. The average Bonchev–Trinajstić information content (AvgIpc) is 2.97. The third-order valence-corrected chi connectivity index (χ3v) is 3.32.